The molecule has 0 saturated heterocycles. The second kappa shape index (κ2) is 5.34. The van der Waals surface area contributed by atoms with Gasteiger partial charge in [0.25, 0.3) is 0 Å². The molecule has 0 aromatic carbocycles. The zero-order chi connectivity index (χ0) is 13.2. The Morgan fingerprint density at radius 3 is 2.35 bits per heavy atom. The fraction of sp³-hybridized carbons (Fsp3) is 0.692. The van der Waals surface area contributed by atoms with Crippen molar-refractivity contribution in [2.45, 2.75) is 40.5 Å². The Kier molecular flexibility index (Phi) is 4.53. The highest BCUT2D eigenvalue weighted by Gasteiger charge is 2.16. The molecule has 0 radical (unpaired) electrons. The van der Waals surface area contributed by atoms with E-state index in [0.717, 1.165) is 22.8 Å². The van der Waals surface area contributed by atoms with Crippen LogP contribution in [0.5, 0.6) is 0 Å². The number of hydrogen-bond acceptors (Lipinski definition) is 3. The number of hydrogen-bond donors (Lipinski definition) is 0. The molecule has 0 spiro atoms. The molecule has 0 fully saturated rings. The second-order valence-electron chi connectivity index (χ2n) is 5.98. The molecule has 96 valence electrons. The molecule has 1 rings (SSSR count). The van der Waals surface area contributed by atoms with Gasteiger partial charge in [0.15, 0.2) is 0 Å². The Balaban J connectivity index is 2.97. The zero-order valence-electron chi connectivity index (χ0n) is 11.6. The minimum absolute atomic E-state index is 0.254. The maximum absolute atomic E-state index is 4.60. The van der Waals surface area contributed by atoms with Crippen LogP contribution in [0.1, 0.15) is 46.4 Å². The normalized spacial score (nSPS) is 12.0. The largest absolute Gasteiger partial charge is 0.359 e. The summed E-state index contributed by atoms with van der Waals surface area (Å²) in [5.74, 6) is 2.20. The van der Waals surface area contributed by atoms with Crippen LogP contribution in [0.3, 0.4) is 0 Å². The van der Waals surface area contributed by atoms with Gasteiger partial charge in [0.05, 0.1) is 0 Å². The second-order valence-corrected chi connectivity index (χ2v) is 6.79. The van der Waals surface area contributed by atoms with Crippen LogP contribution in [0, 0.1) is 5.41 Å². The minimum Gasteiger partial charge on any atom is -0.359 e. The topological polar surface area (TPSA) is 29.0 Å². The molecule has 0 aliphatic carbocycles. The van der Waals surface area contributed by atoms with E-state index < -0.39 is 0 Å². The van der Waals surface area contributed by atoms with Crippen LogP contribution >= 0.6 is 15.9 Å². The van der Waals surface area contributed by atoms with Gasteiger partial charge in [0.2, 0.25) is 0 Å². The van der Waals surface area contributed by atoms with E-state index in [1.807, 2.05) is 6.07 Å². The highest BCUT2D eigenvalue weighted by molar-refractivity contribution is 9.10. The third kappa shape index (κ3) is 4.62. The van der Waals surface area contributed by atoms with Gasteiger partial charge in [0.1, 0.15) is 16.2 Å². The van der Waals surface area contributed by atoms with E-state index in [1.165, 1.54) is 0 Å². The molecular formula is C13H22BrN3. The van der Waals surface area contributed by atoms with Gasteiger partial charge in [-0.1, -0.05) is 34.6 Å². The highest BCUT2D eigenvalue weighted by atomic mass is 79.9. The van der Waals surface area contributed by atoms with E-state index in [0.29, 0.717) is 5.92 Å². The Hall–Kier alpha value is -0.640. The molecule has 0 unspecified atom stereocenters. The van der Waals surface area contributed by atoms with Crippen molar-refractivity contribution >= 4 is 21.7 Å². The van der Waals surface area contributed by atoms with E-state index in [9.17, 15) is 0 Å². The van der Waals surface area contributed by atoms with Gasteiger partial charge in [0, 0.05) is 25.6 Å². The first-order chi connectivity index (χ1) is 7.69. The van der Waals surface area contributed by atoms with Crippen LogP contribution in [0.4, 0.5) is 5.82 Å². The highest BCUT2D eigenvalue weighted by Crippen LogP contribution is 2.22. The first kappa shape index (κ1) is 14.4. The lowest BCUT2D eigenvalue weighted by molar-refractivity contribution is 0.417. The minimum atomic E-state index is 0.254. The summed E-state index contributed by atoms with van der Waals surface area (Å²) in [7, 11) is 2.07. The Labute approximate surface area is 113 Å². The van der Waals surface area contributed by atoms with Crippen molar-refractivity contribution in [2.75, 3.05) is 18.5 Å². The van der Waals surface area contributed by atoms with Gasteiger partial charge in [-0.05, 0) is 21.3 Å². The Morgan fingerprint density at radius 1 is 1.29 bits per heavy atom. The summed E-state index contributed by atoms with van der Waals surface area (Å²) in [5.41, 5.74) is 0.254. The third-order valence-corrected chi connectivity index (χ3v) is 2.72. The Morgan fingerprint density at radius 2 is 1.88 bits per heavy atom. The van der Waals surface area contributed by atoms with Crippen molar-refractivity contribution in [1.29, 1.82) is 0 Å². The first-order valence-electron chi connectivity index (χ1n) is 5.94. The van der Waals surface area contributed by atoms with Gasteiger partial charge < -0.3 is 4.90 Å². The van der Waals surface area contributed by atoms with Crippen molar-refractivity contribution in [3.8, 4) is 0 Å². The zero-order valence-corrected chi connectivity index (χ0v) is 13.2. The van der Waals surface area contributed by atoms with Crippen molar-refractivity contribution in [3.05, 3.63) is 16.5 Å². The van der Waals surface area contributed by atoms with Crippen LogP contribution in [0.15, 0.2) is 10.7 Å². The summed E-state index contributed by atoms with van der Waals surface area (Å²) < 4.78 is 0.854. The molecule has 17 heavy (non-hydrogen) atoms. The van der Waals surface area contributed by atoms with Gasteiger partial charge in [-0.2, -0.15) is 0 Å². The summed E-state index contributed by atoms with van der Waals surface area (Å²) in [6.45, 7) is 11.9. The smallest absolute Gasteiger partial charge is 0.134 e. The lowest BCUT2D eigenvalue weighted by Crippen LogP contribution is -2.30. The molecule has 0 N–H and O–H groups in total. The van der Waals surface area contributed by atoms with Gasteiger partial charge in [-0.3, -0.25) is 0 Å². The van der Waals surface area contributed by atoms with Crippen LogP contribution in [-0.4, -0.2) is 23.6 Å². The molecule has 1 aromatic rings. The summed E-state index contributed by atoms with van der Waals surface area (Å²) >= 11 is 3.45. The molecular weight excluding hydrogens is 278 g/mol. The van der Waals surface area contributed by atoms with Crippen molar-refractivity contribution < 1.29 is 0 Å². The van der Waals surface area contributed by atoms with Gasteiger partial charge >= 0.3 is 0 Å². The SMILES string of the molecule is CC(C)c1nc(Br)cc(N(C)CC(C)(C)C)n1. The summed E-state index contributed by atoms with van der Waals surface area (Å²) in [6, 6.07) is 1.97. The van der Waals surface area contributed by atoms with Crippen molar-refractivity contribution in [3.63, 3.8) is 0 Å². The lowest BCUT2D eigenvalue weighted by Gasteiger charge is -2.27. The monoisotopic (exact) mass is 299 g/mol. The van der Waals surface area contributed by atoms with Gasteiger partial charge in [-0.15, -0.1) is 0 Å². The number of halogens is 1. The molecule has 3 nitrogen and oxygen atoms in total. The van der Waals surface area contributed by atoms with Crippen molar-refractivity contribution in [1.82, 2.24) is 9.97 Å². The summed E-state index contributed by atoms with van der Waals surface area (Å²) in [6.07, 6.45) is 0. The Bertz CT molecular complexity index is 383. The predicted octanol–water partition coefficient (Wildman–Crippen LogP) is 3.84. The summed E-state index contributed by atoms with van der Waals surface area (Å²) in [5, 5.41) is 0. The maximum Gasteiger partial charge on any atom is 0.134 e. The van der Waals surface area contributed by atoms with Crippen LogP contribution in [-0.2, 0) is 0 Å². The number of nitrogens with zero attached hydrogens (tertiary/aromatic N) is 3. The quantitative estimate of drug-likeness (QED) is 0.794. The van der Waals surface area contributed by atoms with Crippen LogP contribution in [0.25, 0.3) is 0 Å². The molecule has 0 aliphatic heterocycles. The average molecular weight is 300 g/mol. The maximum atomic E-state index is 4.60. The van der Waals surface area contributed by atoms with Gasteiger partial charge in [-0.25, -0.2) is 9.97 Å². The van der Waals surface area contributed by atoms with E-state index >= 15 is 0 Å². The average Bonchev–Trinajstić information content (AvgIpc) is 2.13. The van der Waals surface area contributed by atoms with Crippen LogP contribution < -0.4 is 4.90 Å². The summed E-state index contributed by atoms with van der Waals surface area (Å²) in [4.78, 5) is 11.2. The van der Waals surface area contributed by atoms with E-state index in [1.54, 1.807) is 0 Å². The molecule has 0 saturated carbocycles. The first-order valence-corrected chi connectivity index (χ1v) is 6.74. The molecule has 4 heteroatoms. The fourth-order valence-corrected chi connectivity index (χ4v) is 2.06. The molecule has 0 amide bonds. The van der Waals surface area contributed by atoms with Crippen molar-refractivity contribution in [2.24, 2.45) is 5.41 Å². The van der Waals surface area contributed by atoms with Crippen LogP contribution in [0.2, 0.25) is 0 Å². The number of rotatable bonds is 3. The predicted molar refractivity (Wildman–Crippen MR) is 76.5 cm³/mol. The number of anilines is 1. The van der Waals surface area contributed by atoms with E-state index in [4.69, 9.17) is 0 Å². The molecule has 1 heterocycles. The third-order valence-electron chi connectivity index (χ3n) is 2.32. The molecule has 0 bridgehead atoms. The van der Waals surface area contributed by atoms with E-state index in [-0.39, 0.29) is 5.41 Å². The number of aromatic nitrogens is 2. The molecule has 0 aliphatic rings. The molecule has 0 atom stereocenters. The lowest BCUT2D eigenvalue weighted by atomic mass is 9.96. The fourth-order valence-electron chi connectivity index (χ4n) is 1.67. The molecule has 1 aromatic heterocycles. The standard InChI is InChI=1S/C13H22BrN3/c1-9(2)12-15-10(14)7-11(16-12)17(6)8-13(3,4)5/h7,9H,8H2,1-6H3. The van der Waals surface area contributed by atoms with E-state index in [2.05, 4.69) is 72.5 Å².